The second kappa shape index (κ2) is 8.85. The predicted octanol–water partition coefficient (Wildman–Crippen LogP) is 4.07. The fraction of sp³-hybridized carbons (Fsp3) is 0.364. The first kappa shape index (κ1) is 18.4. The maximum atomic E-state index is 5.53. The first-order valence-corrected chi connectivity index (χ1v) is 10.3. The van der Waals surface area contributed by atoms with E-state index in [4.69, 9.17) is 9.47 Å². The zero-order chi connectivity index (χ0) is 18.5. The number of nitrogens with zero attached hydrogens (tertiary/aromatic N) is 1. The van der Waals surface area contributed by atoms with E-state index in [1.54, 1.807) is 7.11 Å². The molecule has 0 bridgehead atoms. The molecule has 2 heterocycles. The van der Waals surface area contributed by atoms with Gasteiger partial charge in [-0.25, -0.2) is 0 Å². The van der Waals surface area contributed by atoms with Crippen LogP contribution in [0.4, 0.5) is 0 Å². The molecule has 1 aliphatic heterocycles. The molecular weight excluding hydrogens is 356 g/mol. The summed E-state index contributed by atoms with van der Waals surface area (Å²) in [6.45, 7) is 5.48. The van der Waals surface area contributed by atoms with Gasteiger partial charge >= 0.3 is 0 Å². The van der Waals surface area contributed by atoms with E-state index >= 15 is 0 Å². The lowest BCUT2D eigenvalue weighted by molar-refractivity contribution is 0.0168. The summed E-state index contributed by atoms with van der Waals surface area (Å²) in [4.78, 5) is 3.96. The van der Waals surface area contributed by atoms with E-state index < -0.39 is 0 Å². The second-order valence-corrected chi connectivity index (χ2v) is 7.84. The molecule has 1 N–H and O–H groups in total. The molecule has 5 heteroatoms. The third kappa shape index (κ3) is 4.50. The lowest BCUT2D eigenvalue weighted by Crippen LogP contribution is -2.42. The second-order valence-electron chi connectivity index (χ2n) is 6.86. The lowest BCUT2D eigenvalue weighted by Gasteiger charge is -2.34. The van der Waals surface area contributed by atoms with Crippen LogP contribution in [0, 0.1) is 0 Å². The van der Waals surface area contributed by atoms with Gasteiger partial charge in [0.1, 0.15) is 5.75 Å². The van der Waals surface area contributed by atoms with Gasteiger partial charge in [0.05, 0.1) is 26.4 Å². The lowest BCUT2D eigenvalue weighted by atomic mass is 10.1. The number of nitrogens with one attached hydrogen (secondary N) is 1. The largest absolute Gasteiger partial charge is 0.497 e. The molecule has 0 amide bonds. The zero-order valence-electron chi connectivity index (χ0n) is 15.7. The summed E-state index contributed by atoms with van der Waals surface area (Å²) in [7, 11) is 1.71. The molecule has 27 heavy (non-hydrogen) atoms. The van der Waals surface area contributed by atoms with Crippen LogP contribution in [0.25, 0.3) is 10.8 Å². The third-order valence-corrected chi connectivity index (χ3v) is 6.11. The van der Waals surface area contributed by atoms with Crippen molar-refractivity contribution in [2.75, 3.05) is 40.0 Å². The number of hydrogen-bond donors (Lipinski definition) is 1. The van der Waals surface area contributed by atoms with Crippen molar-refractivity contribution in [3.8, 4) is 5.75 Å². The van der Waals surface area contributed by atoms with Gasteiger partial charge in [0.15, 0.2) is 0 Å². The van der Waals surface area contributed by atoms with Crippen LogP contribution >= 0.6 is 11.3 Å². The van der Waals surface area contributed by atoms with Crippen LogP contribution in [-0.2, 0) is 11.3 Å². The summed E-state index contributed by atoms with van der Waals surface area (Å²) in [5, 5.41) is 8.30. The molecule has 0 radical (unpaired) electrons. The van der Waals surface area contributed by atoms with Gasteiger partial charge < -0.3 is 14.8 Å². The van der Waals surface area contributed by atoms with Gasteiger partial charge in [-0.15, -0.1) is 11.3 Å². The van der Waals surface area contributed by atoms with Crippen LogP contribution in [0.3, 0.4) is 0 Å². The average Bonchev–Trinajstić information content (AvgIpc) is 3.26. The Hall–Kier alpha value is -1.92. The van der Waals surface area contributed by atoms with Gasteiger partial charge in [0.2, 0.25) is 0 Å². The van der Waals surface area contributed by atoms with Crippen LogP contribution in [0.1, 0.15) is 16.5 Å². The Morgan fingerprint density at radius 3 is 2.70 bits per heavy atom. The quantitative estimate of drug-likeness (QED) is 0.668. The van der Waals surface area contributed by atoms with E-state index in [0.29, 0.717) is 6.04 Å². The summed E-state index contributed by atoms with van der Waals surface area (Å²) in [6, 6.07) is 17.7. The van der Waals surface area contributed by atoms with Gasteiger partial charge in [-0.3, -0.25) is 4.90 Å². The molecule has 142 valence electrons. The van der Waals surface area contributed by atoms with Crippen LogP contribution in [0.5, 0.6) is 5.75 Å². The molecule has 0 unspecified atom stereocenters. The number of hydrogen-bond acceptors (Lipinski definition) is 5. The molecule has 0 saturated carbocycles. The zero-order valence-corrected chi connectivity index (χ0v) is 16.5. The van der Waals surface area contributed by atoms with E-state index in [0.717, 1.165) is 45.1 Å². The van der Waals surface area contributed by atoms with E-state index in [9.17, 15) is 0 Å². The summed E-state index contributed by atoms with van der Waals surface area (Å²) in [5.41, 5.74) is 1.31. The molecule has 1 fully saturated rings. The SMILES string of the molecule is COc1ccc2cc(CNC[C@@H](c3cccs3)N3CCOCC3)ccc2c1. The molecule has 1 aliphatic rings. The Bertz CT molecular complexity index is 860. The van der Waals surface area contributed by atoms with Gasteiger partial charge in [-0.05, 0) is 46.0 Å². The molecule has 3 aromatic rings. The number of ether oxygens (including phenoxy) is 2. The van der Waals surface area contributed by atoms with Crippen molar-refractivity contribution in [1.82, 2.24) is 10.2 Å². The van der Waals surface area contributed by atoms with Crippen LogP contribution in [0.15, 0.2) is 53.9 Å². The number of methoxy groups -OCH3 is 1. The highest BCUT2D eigenvalue weighted by Crippen LogP contribution is 2.26. The average molecular weight is 383 g/mol. The third-order valence-electron chi connectivity index (χ3n) is 5.14. The number of benzene rings is 2. The van der Waals surface area contributed by atoms with Crippen LogP contribution < -0.4 is 10.1 Å². The van der Waals surface area contributed by atoms with Crippen molar-refractivity contribution < 1.29 is 9.47 Å². The topological polar surface area (TPSA) is 33.7 Å². The van der Waals surface area contributed by atoms with E-state index in [-0.39, 0.29) is 0 Å². The van der Waals surface area contributed by atoms with Crippen molar-refractivity contribution >= 4 is 22.1 Å². The van der Waals surface area contributed by atoms with Gasteiger partial charge in [-0.1, -0.05) is 24.3 Å². The number of fused-ring (bicyclic) bond motifs is 1. The highest BCUT2D eigenvalue weighted by Gasteiger charge is 2.23. The molecule has 1 aromatic heterocycles. The minimum atomic E-state index is 0.415. The highest BCUT2D eigenvalue weighted by molar-refractivity contribution is 7.10. The smallest absolute Gasteiger partial charge is 0.119 e. The minimum absolute atomic E-state index is 0.415. The monoisotopic (exact) mass is 382 g/mol. The first-order chi connectivity index (χ1) is 13.3. The van der Waals surface area contributed by atoms with E-state index in [1.807, 2.05) is 17.4 Å². The molecule has 4 nitrogen and oxygen atoms in total. The van der Waals surface area contributed by atoms with Crippen LogP contribution in [-0.4, -0.2) is 44.9 Å². The van der Waals surface area contributed by atoms with Crippen molar-refractivity contribution in [3.63, 3.8) is 0 Å². The Labute approximate surface area is 164 Å². The summed E-state index contributed by atoms with van der Waals surface area (Å²) in [6.07, 6.45) is 0. The fourth-order valence-corrected chi connectivity index (χ4v) is 4.50. The Balaban J connectivity index is 1.41. The molecule has 4 rings (SSSR count). The molecule has 1 atom stereocenters. The summed E-state index contributed by atoms with van der Waals surface area (Å²) >= 11 is 1.84. The number of morpholine rings is 1. The van der Waals surface area contributed by atoms with Crippen molar-refractivity contribution in [2.24, 2.45) is 0 Å². The van der Waals surface area contributed by atoms with Gasteiger partial charge in [-0.2, -0.15) is 0 Å². The van der Waals surface area contributed by atoms with Crippen molar-refractivity contribution in [1.29, 1.82) is 0 Å². The Kier molecular flexibility index (Phi) is 6.04. The minimum Gasteiger partial charge on any atom is -0.497 e. The van der Waals surface area contributed by atoms with Gasteiger partial charge in [0, 0.05) is 31.1 Å². The summed E-state index contributed by atoms with van der Waals surface area (Å²) < 4.78 is 10.8. The Morgan fingerprint density at radius 1 is 1.11 bits per heavy atom. The predicted molar refractivity (Wildman–Crippen MR) is 112 cm³/mol. The summed E-state index contributed by atoms with van der Waals surface area (Å²) in [5.74, 6) is 0.901. The maximum Gasteiger partial charge on any atom is 0.119 e. The first-order valence-electron chi connectivity index (χ1n) is 9.46. The molecule has 0 spiro atoms. The molecule has 2 aromatic carbocycles. The van der Waals surface area contributed by atoms with E-state index in [2.05, 4.69) is 58.1 Å². The number of thiophene rings is 1. The standard InChI is InChI=1S/C22H26N2O2S/c1-25-20-7-6-18-13-17(4-5-19(18)14-20)15-23-16-21(22-3-2-12-27-22)24-8-10-26-11-9-24/h2-7,12-14,21,23H,8-11,15-16H2,1H3/t21-/m0/s1. The molecule has 1 saturated heterocycles. The maximum absolute atomic E-state index is 5.53. The Morgan fingerprint density at radius 2 is 1.93 bits per heavy atom. The number of rotatable bonds is 7. The molecule has 0 aliphatic carbocycles. The van der Waals surface area contributed by atoms with Crippen molar-refractivity contribution in [2.45, 2.75) is 12.6 Å². The highest BCUT2D eigenvalue weighted by atomic mass is 32.1. The van der Waals surface area contributed by atoms with Crippen molar-refractivity contribution in [3.05, 3.63) is 64.4 Å². The van der Waals surface area contributed by atoms with Gasteiger partial charge in [0.25, 0.3) is 0 Å². The van der Waals surface area contributed by atoms with E-state index in [1.165, 1.54) is 21.2 Å². The normalized spacial score (nSPS) is 16.5. The fourth-order valence-electron chi connectivity index (χ4n) is 3.64. The van der Waals surface area contributed by atoms with Crippen LogP contribution in [0.2, 0.25) is 0 Å². The molecular formula is C22H26N2O2S.